The number of ether oxygens (including phenoxy) is 3. The lowest BCUT2D eigenvalue weighted by Gasteiger charge is -2.32. The van der Waals surface area contributed by atoms with E-state index in [0.29, 0.717) is 6.61 Å². The summed E-state index contributed by atoms with van der Waals surface area (Å²) in [6.07, 6.45) is 0.443. The Labute approximate surface area is 151 Å². The molecular weight excluding hydrogens is 372 g/mol. The molecule has 0 spiro atoms. The van der Waals surface area contributed by atoms with Crippen molar-refractivity contribution in [3.8, 4) is 0 Å². The lowest BCUT2D eigenvalue weighted by molar-refractivity contribution is -0.295. The molecule has 2 heterocycles. The van der Waals surface area contributed by atoms with E-state index in [1.54, 1.807) is 17.8 Å². The molecule has 2 rings (SSSR count). The Balaban J connectivity index is 2.29. The van der Waals surface area contributed by atoms with Gasteiger partial charge in [0.25, 0.3) is 6.48 Å². The highest BCUT2D eigenvalue weighted by Gasteiger charge is 2.34. The minimum Gasteiger partial charge on any atom is -0.333 e. The van der Waals surface area contributed by atoms with Crippen LogP contribution in [0.1, 0.15) is 25.0 Å². The first-order valence-corrected chi connectivity index (χ1v) is 10.8. The van der Waals surface area contributed by atoms with Crippen LogP contribution in [0.25, 0.3) is 0 Å². The van der Waals surface area contributed by atoms with Gasteiger partial charge in [-0.2, -0.15) is 0 Å². The molecule has 0 fully saturated rings. The summed E-state index contributed by atoms with van der Waals surface area (Å²) >= 11 is 2.86. The summed E-state index contributed by atoms with van der Waals surface area (Å²) in [6, 6.07) is 1.61. The van der Waals surface area contributed by atoms with Crippen LogP contribution in [0.5, 0.6) is 0 Å². The molecule has 0 saturated heterocycles. The number of hydrogen-bond acceptors (Lipinski definition) is 8. The zero-order valence-corrected chi connectivity index (χ0v) is 16.7. The van der Waals surface area contributed by atoms with Gasteiger partial charge in [0, 0.05) is 31.1 Å². The zero-order valence-electron chi connectivity index (χ0n) is 14.2. The number of fused-ring (bicyclic) bond motifs is 1. The predicted molar refractivity (Wildman–Crippen MR) is 94.8 cm³/mol. The van der Waals surface area contributed by atoms with E-state index in [-0.39, 0.29) is 15.6 Å². The summed E-state index contributed by atoms with van der Waals surface area (Å²) in [6.45, 7) is 2.39. The topological polar surface area (TPSA) is 91.1 Å². The fourth-order valence-electron chi connectivity index (χ4n) is 2.47. The number of thiophene rings is 1. The number of hydrogen-bond donors (Lipinski definition) is 1. The molecule has 2 N–H and O–H groups in total. The highest BCUT2D eigenvalue weighted by atomic mass is 32.3. The molecule has 7 nitrogen and oxygen atoms in total. The molecule has 0 radical (unpaired) electrons. The van der Waals surface area contributed by atoms with Crippen LogP contribution in [0.2, 0.25) is 0 Å². The average molecular weight is 397 g/mol. The maximum atomic E-state index is 11.7. The summed E-state index contributed by atoms with van der Waals surface area (Å²) in [5.74, 6) is 0. The molecule has 3 unspecified atom stereocenters. The Hall–Kier alpha value is -0.200. The van der Waals surface area contributed by atoms with Crippen molar-refractivity contribution in [2.45, 2.75) is 39.6 Å². The molecular formula is C14H24N2O5S3. The molecule has 0 amide bonds. The number of thioether (sulfide) groups is 1. The van der Waals surface area contributed by atoms with E-state index in [4.69, 9.17) is 19.3 Å². The van der Waals surface area contributed by atoms with Gasteiger partial charge in [-0.3, -0.25) is 0 Å². The van der Waals surface area contributed by atoms with Crippen LogP contribution in [0, 0.1) is 0 Å². The number of sulfonamides is 1. The first-order valence-electron chi connectivity index (χ1n) is 7.52. The van der Waals surface area contributed by atoms with E-state index in [2.05, 4.69) is 4.90 Å². The van der Waals surface area contributed by atoms with Crippen LogP contribution in [-0.2, 0) is 24.2 Å². The number of primary sulfonamides is 1. The van der Waals surface area contributed by atoms with Crippen molar-refractivity contribution < 1.29 is 22.6 Å². The van der Waals surface area contributed by atoms with Crippen LogP contribution >= 0.6 is 23.1 Å². The smallest absolute Gasteiger partial charge is 0.271 e. The Kier molecular flexibility index (Phi) is 7.09. The molecule has 24 heavy (non-hydrogen) atoms. The summed E-state index contributed by atoms with van der Waals surface area (Å²) in [4.78, 5) is 2.10. The molecule has 10 heteroatoms. The van der Waals surface area contributed by atoms with Gasteiger partial charge in [0.2, 0.25) is 10.0 Å². The molecule has 0 bridgehead atoms. The van der Waals surface area contributed by atoms with Gasteiger partial charge in [-0.05, 0) is 33.5 Å². The fraction of sp³-hybridized carbons (Fsp3) is 0.714. The van der Waals surface area contributed by atoms with Crippen molar-refractivity contribution in [2.24, 2.45) is 5.14 Å². The third kappa shape index (κ3) is 5.15. The minimum atomic E-state index is -3.73. The Morgan fingerprint density at radius 3 is 2.71 bits per heavy atom. The highest BCUT2D eigenvalue weighted by Crippen LogP contribution is 2.48. The maximum Gasteiger partial charge on any atom is 0.271 e. The third-order valence-electron chi connectivity index (χ3n) is 3.42. The standard InChI is InChI=1S/C14H24N2O5S3/c1-5-20-14(19-4)21-11-6-9(8-16(2)3)22-13-10(11)7-12(23-13)24(15,17)18/h7,9,11,14H,5-6,8H2,1-4H3,(H2,15,17,18). The highest BCUT2D eigenvalue weighted by molar-refractivity contribution is 8.02. The second-order valence-electron chi connectivity index (χ2n) is 5.70. The van der Waals surface area contributed by atoms with Crippen LogP contribution in [-0.4, -0.2) is 59.4 Å². The van der Waals surface area contributed by atoms with Crippen molar-refractivity contribution >= 4 is 33.1 Å². The summed E-state index contributed by atoms with van der Waals surface area (Å²) in [5, 5.41) is 5.56. The van der Waals surface area contributed by atoms with E-state index in [9.17, 15) is 8.42 Å². The summed E-state index contributed by atoms with van der Waals surface area (Å²) in [5.41, 5.74) is 0.839. The van der Waals surface area contributed by atoms with Gasteiger partial charge >= 0.3 is 0 Å². The van der Waals surface area contributed by atoms with Crippen molar-refractivity contribution in [3.63, 3.8) is 0 Å². The SMILES string of the molecule is CCOC(OC)OC1CC(CN(C)C)Sc2sc(S(N)(=O)=O)cc21. The molecule has 138 valence electrons. The number of nitrogens with two attached hydrogens (primary N) is 1. The van der Waals surface area contributed by atoms with Crippen LogP contribution in [0.4, 0.5) is 0 Å². The molecule has 3 atom stereocenters. The first kappa shape index (κ1) is 20.1. The van der Waals surface area contributed by atoms with E-state index in [0.717, 1.165) is 22.7 Å². The number of methoxy groups -OCH3 is 1. The van der Waals surface area contributed by atoms with E-state index < -0.39 is 16.5 Å². The fourth-order valence-corrected chi connectivity index (χ4v) is 6.45. The van der Waals surface area contributed by atoms with E-state index >= 15 is 0 Å². The average Bonchev–Trinajstić information content (AvgIpc) is 2.90. The van der Waals surface area contributed by atoms with Crippen LogP contribution < -0.4 is 5.14 Å². The Bertz CT molecular complexity index is 647. The quantitative estimate of drug-likeness (QED) is 0.671. The van der Waals surface area contributed by atoms with Gasteiger partial charge in [0.1, 0.15) is 4.21 Å². The van der Waals surface area contributed by atoms with E-state index in [1.165, 1.54) is 18.4 Å². The lowest BCUT2D eigenvalue weighted by Crippen LogP contribution is -2.30. The van der Waals surface area contributed by atoms with Gasteiger partial charge in [-0.25, -0.2) is 13.6 Å². The third-order valence-corrected chi connectivity index (χ3v) is 7.45. The van der Waals surface area contributed by atoms with Gasteiger partial charge in [0.15, 0.2) is 0 Å². The molecule has 1 aromatic heterocycles. The molecule has 1 aliphatic rings. The lowest BCUT2D eigenvalue weighted by atomic mass is 10.1. The number of rotatable bonds is 8. The summed E-state index contributed by atoms with van der Waals surface area (Å²) < 4.78 is 41.0. The van der Waals surface area contributed by atoms with E-state index in [1.807, 2.05) is 21.0 Å². The normalized spacial score (nSPS) is 22.6. The van der Waals surface area contributed by atoms with Crippen molar-refractivity contribution in [1.82, 2.24) is 4.90 Å². The molecule has 1 aromatic rings. The largest absolute Gasteiger partial charge is 0.333 e. The molecule has 0 aliphatic carbocycles. The molecule has 0 saturated carbocycles. The summed E-state index contributed by atoms with van der Waals surface area (Å²) in [7, 11) is 1.80. The maximum absolute atomic E-state index is 11.7. The monoisotopic (exact) mass is 396 g/mol. The van der Waals surface area contributed by atoms with Crippen molar-refractivity contribution in [2.75, 3.05) is 34.4 Å². The zero-order chi connectivity index (χ0) is 17.9. The number of nitrogens with zero attached hydrogens (tertiary/aromatic N) is 1. The van der Waals surface area contributed by atoms with Crippen molar-refractivity contribution in [1.29, 1.82) is 0 Å². The first-order chi connectivity index (χ1) is 11.2. The minimum absolute atomic E-state index is 0.157. The molecule has 0 aromatic carbocycles. The Morgan fingerprint density at radius 1 is 1.46 bits per heavy atom. The second-order valence-corrected chi connectivity index (χ2v) is 10.1. The second kappa shape index (κ2) is 8.45. The predicted octanol–water partition coefficient (Wildman–Crippen LogP) is 1.85. The van der Waals surface area contributed by atoms with Crippen LogP contribution in [0.15, 0.2) is 14.5 Å². The van der Waals surface area contributed by atoms with Gasteiger partial charge in [-0.1, -0.05) is 0 Å². The molecule has 1 aliphatic heterocycles. The van der Waals surface area contributed by atoms with Crippen LogP contribution in [0.3, 0.4) is 0 Å². The van der Waals surface area contributed by atoms with Crippen molar-refractivity contribution in [3.05, 3.63) is 11.6 Å². The van der Waals surface area contributed by atoms with Gasteiger partial charge < -0.3 is 19.1 Å². The van der Waals surface area contributed by atoms with Gasteiger partial charge in [0.05, 0.1) is 10.3 Å². The Morgan fingerprint density at radius 2 is 2.17 bits per heavy atom. The van der Waals surface area contributed by atoms with Gasteiger partial charge in [-0.15, -0.1) is 23.1 Å².